The zero-order chi connectivity index (χ0) is 14.8. The molecular formula is C14H16N4O2S. The topological polar surface area (TPSA) is 68.2 Å². The Balaban J connectivity index is 1.86. The van der Waals surface area contributed by atoms with Crippen LogP contribution in [-0.4, -0.2) is 51.6 Å². The van der Waals surface area contributed by atoms with Crippen LogP contribution in [0.2, 0.25) is 0 Å². The van der Waals surface area contributed by atoms with Gasteiger partial charge in [0.25, 0.3) is 5.91 Å². The van der Waals surface area contributed by atoms with E-state index in [9.17, 15) is 4.79 Å². The maximum absolute atomic E-state index is 12.6. The van der Waals surface area contributed by atoms with Crippen LogP contribution in [0, 0.1) is 6.92 Å². The average molecular weight is 304 g/mol. The highest BCUT2D eigenvalue weighted by molar-refractivity contribution is 7.17. The van der Waals surface area contributed by atoms with E-state index in [1.807, 2.05) is 18.7 Å². The van der Waals surface area contributed by atoms with E-state index in [1.54, 1.807) is 18.5 Å². The highest BCUT2D eigenvalue weighted by atomic mass is 32.1. The van der Waals surface area contributed by atoms with Crippen molar-refractivity contribution in [2.24, 2.45) is 0 Å². The molecule has 0 aromatic carbocycles. The van der Waals surface area contributed by atoms with Gasteiger partial charge in [-0.25, -0.2) is 15.0 Å². The van der Waals surface area contributed by atoms with Crippen molar-refractivity contribution < 1.29 is 9.53 Å². The van der Waals surface area contributed by atoms with Crippen LogP contribution in [0.1, 0.15) is 22.3 Å². The van der Waals surface area contributed by atoms with E-state index in [-0.39, 0.29) is 12.0 Å². The van der Waals surface area contributed by atoms with Crippen LogP contribution < -0.4 is 0 Å². The first-order chi connectivity index (χ1) is 10.1. The Hall–Kier alpha value is -1.86. The van der Waals surface area contributed by atoms with Crippen LogP contribution in [0.25, 0.3) is 10.8 Å². The fourth-order valence-electron chi connectivity index (χ4n) is 2.25. The summed E-state index contributed by atoms with van der Waals surface area (Å²) < 4.78 is 5.47. The maximum atomic E-state index is 12.6. The molecule has 0 saturated carbocycles. The third-order valence-electron chi connectivity index (χ3n) is 3.28. The lowest BCUT2D eigenvalue weighted by molar-refractivity contribution is -0.0122. The van der Waals surface area contributed by atoms with Gasteiger partial charge in [0.1, 0.15) is 4.88 Å². The lowest BCUT2D eigenvalue weighted by Crippen LogP contribution is -2.44. The first-order valence-electron chi connectivity index (χ1n) is 6.81. The molecule has 1 aliphatic rings. The molecule has 6 nitrogen and oxygen atoms in total. The SMILES string of the molecule is Cc1nc(-c2ncccn2)sc1C(=O)N1CCO[C@@H](C)C1. The molecular weight excluding hydrogens is 288 g/mol. The summed E-state index contributed by atoms with van der Waals surface area (Å²) in [7, 11) is 0. The van der Waals surface area contributed by atoms with E-state index < -0.39 is 0 Å². The van der Waals surface area contributed by atoms with Crippen LogP contribution in [0.5, 0.6) is 0 Å². The van der Waals surface area contributed by atoms with Crippen molar-refractivity contribution in [2.75, 3.05) is 19.7 Å². The Bertz CT molecular complexity index is 644. The maximum Gasteiger partial charge on any atom is 0.266 e. The van der Waals surface area contributed by atoms with E-state index in [0.717, 1.165) is 5.69 Å². The fraction of sp³-hybridized carbons (Fsp3) is 0.429. The highest BCUT2D eigenvalue weighted by Gasteiger charge is 2.26. The third-order valence-corrected chi connectivity index (χ3v) is 4.42. The molecule has 110 valence electrons. The third kappa shape index (κ3) is 2.93. The standard InChI is InChI=1S/C14H16N4O2S/c1-9-8-18(6-7-20-9)14(19)11-10(2)17-13(21-11)12-15-4-3-5-16-12/h3-5,9H,6-8H2,1-2H3/t9-/m0/s1. The predicted octanol–water partition coefficient (Wildman–Crippen LogP) is 1.77. The Labute approximate surface area is 126 Å². The molecule has 1 amide bonds. The summed E-state index contributed by atoms with van der Waals surface area (Å²) in [5.41, 5.74) is 0.728. The van der Waals surface area contributed by atoms with Gasteiger partial charge in [-0.15, -0.1) is 11.3 Å². The predicted molar refractivity (Wildman–Crippen MR) is 79.2 cm³/mol. The number of nitrogens with zero attached hydrogens (tertiary/aromatic N) is 4. The zero-order valence-corrected chi connectivity index (χ0v) is 12.8. The smallest absolute Gasteiger partial charge is 0.266 e. The molecule has 0 aliphatic carbocycles. The van der Waals surface area contributed by atoms with Crippen LogP contribution in [-0.2, 0) is 4.74 Å². The normalized spacial score (nSPS) is 18.8. The van der Waals surface area contributed by atoms with Gasteiger partial charge in [0.2, 0.25) is 0 Å². The van der Waals surface area contributed by atoms with Crippen molar-refractivity contribution in [1.29, 1.82) is 0 Å². The van der Waals surface area contributed by atoms with Crippen LogP contribution in [0.15, 0.2) is 18.5 Å². The fourth-order valence-corrected chi connectivity index (χ4v) is 3.23. The summed E-state index contributed by atoms with van der Waals surface area (Å²) in [6.45, 7) is 5.65. The van der Waals surface area contributed by atoms with E-state index in [4.69, 9.17) is 4.74 Å². The minimum Gasteiger partial charge on any atom is -0.375 e. The van der Waals surface area contributed by atoms with Crippen molar-refractivity contribution in [3.63, 3.8) is 0 Å². The Morgan fingerprint density at radius 3 is 2.90 bits per heavy atom. The molecule has 7 heteroatoms. The number of thiazole rings is 1. The summed E-state index contributed by atoms with van der Waals surface area (Å²) in [6, 6.07) is 1.76. The number of hydrogen-bond donors (Lipinski definition) is 0. The summed E-state index contributed by atoms with van der Waals surface area (Å²) in [6.07, 6.45) is 3.42. The van der Waals surface area contributed by atoms with Gasteiger partial charge in [-0.1, -0.05) is 0 Å². The van der Waals surface area contributed by atoms with Gasteiger partial charge in [-0.2, -0.15) is 0 Å². The molecule has 2 aromatic rings. The monoisotopic (exact) mass is 304 g/mol. The second-order valence-electron chi connectivity index (χ2n) is 4.94. The molecule has 0 spiro atoms. The molecule has 1 saturated heterocycles. The average Bonchev–Trinajstić information content (AvgIpc) is 2.89. The summed E-state index contributed by atoms with van der Waals surface area (Å²) >= 11 is 1.35. The van der Waals surface area contributed by atoms with Crippen LogP contribution in [0.3, 0.4) is 0 Å². The molecule has 0 N–H and O–H groups in total. The number of morpholine rings is 1. The largest absolute Gasteiger partial charge is 0.375 e. The first kappa shape index (κ1) is 14.1. The number of ether oxygens (including phenoxy) is 1. The van der Waals surface area contributed by atoms with Gasteiger partial charge in [0, 0.05) is 25.5 Å². The van der Waals surface area contributed by atoms with E-state index in [2.05, 4.69) is 15.0 Å². The van der Waals surface area contributed by atoms with Crippen LogP contribution >= 0.6 is 11.3 Å². The lowest BCUT2D eigenvalue weighted by atomic mass is 10.2. The summed E-state index contributed by atoms with van der Waals surface area (Å²) in [4.78, 5) is 27.9. The molecule has 1 fully saturated rings. The number of rotatable bonds is 2. The number of amides is 1. The minimum absolute atomic E-state index is 0.0160. The van der Waals surface area contributed by atoms with Gasteiger partial charge in [-0.05, 0) is 19.9 Å². The molecule has 2 aromatic heterocycles. The van der Waals surface area contributed by atoms with Crippen molar-refractivity contribution in [2.45, 2.75) is 20.0 Å². The van der Waals surface area contributed by atoms with Gasteiger partial charge in [0.15, 0.2) is 10.8 Å². The van der Waals surface area contributed by atoms with Crippen molar-refractivity contribution in [1.82, 2.24) is 19.9 Å². The number of hydrogen-bond acceptors (Lipinski definition) is 6. The summed E-state index contributed by atoms with van der Waals surface area (Å²) in [5.74, 6) is 0.572. The van der Waals surface area contributed by atoms with Gasteiger partial charge in [-0.3, -0.25) is 4.79 Å². The molecule has 0 bridgehead atoms. The zero-order valence-electron chi connectivity index (χ0n) is 11.9. The second kappa shape index (κ2) is 5.87. The Kier molecular flexibility index (Phi) is 3.94. The number of aromatic nitrogens is 3. The van der Waals surface area contributed by atoms with Gasteiger partial charge < -0.3 is 9.64 Å². The van der Waals surface area contributed by atoms with Crippen molar-refractivity contribution in [3.8, 4) is 10.8 Å². The number of aryl methyl sites for hydroxylation is 1. The molecule has 3 rings (SSSR count). The Morgan fingerprint density at radius 1 is 1.43 bits per heavy atom. The van der Waals surface area contributed by atoms with Gasteiger partial charge in [0.05, 0.1) is 18.4 Å². The van der Waals surface area contributed by atoms with E-state index >= 15 is 0 Å². The molecule has 1 atom stereocenters. The minimum atomic E-state index is 0.0160. The van der Waals surface area contributed by atoms with E-state index in [1.165, 1.54) is 11.3 Å². The molecule has 1 aliphatic heterocycles. The second-order valence-corrected chi connectivity index (χ2v) is 5.94. The lowest BCUT2D eigenvalue weighted by Gasteiger charge is -2.30. The quantitative estimate of drug-likeness (QED) is 0.846. The first-order valence-corrected chi connectivity index (χ1v) is 7.62. The molecule has 21 heavy (non-hydrogen) atoms. The van der Waals surface area contributed by atoms with Gasteiger partial charge >= 0.3 is 0 Å². The molecule has 0 unspecified atom stereocenters. The molecule has 0 radical (unpaired) electrons. The van der Waals surface area contributed by atoms with Crippen molar-refractivity contribution in [3.05, 3.63) is 29.0 Å². The van der Waals surface area contributed by atoms with Crippen LogP contribution in [0.4, 0.5) is 0 Å². The van der Waals surface area contributed by atoms with E-state index in [0.29, 0.717) is 35.4 Å². The summed E-state index contributed by atoms with van der Waals surface area (Å²) in [5, 5.41) is 0.678. The number of carbonyl (C=O) groups excluding carboxylic acids is 1. The van der Waals surface area contributed by atoms with Crippen molar-refractivity contribution >= 4 is 17.2 Å². The highest BCUT2D eigenvalue weighted by Crippen LogP contribution is 2.26. The molecule has 3 heterocycles. The Morgan fingerprint density at radius 2 is 2.19 bits per heavy atom. The number of carbonyl (C=O) groups is 1.